The van der Waals surface area contributed by atoms with Crippen LogP contribution >= 0.6 is 0 Å². The van der Waals surface area contributed by atoms with Crippen molar-refractivity contribution < 1.29 is 19.4 Å². The summed E-state index contributed by atoms with van der Waals surface area (Å²) in [5.74, 6) is 0.501. The van der Waals surface area contributed by atoms with E-state index in [0.717, 1.165) is 5.69 Å². The molecule has 7 heteroatoms. The van der Waals surface area contributed by atoms with E-state index in [4.69, 9.17) is 20.3 Å². The normalized spacial score (nSPS) is 15.1. The number of rotatable bonds is 7. The molecule has 0 bridgehead atoms. The van der Waals surface area contributed by atoms with Gasteiger partial charge in [-0.2, -0.15) is 0 Å². The van der Waals surface area contributed by atoms with E-state index in [1.807, 2.05) is 19.9 Å². The van der Waals surface area contributed by atoms with Crippen molar-refractivity contribution >= 4 is 23.0 Å². The van der Waals surface area contributed by atoms with Gasteiger partial charge in [0.05, 0.1) is 29.8 Å². The molecule has 0 radical (unpaired) electrons. The summed E-state index contributed by atoms with van der Waals surface area (Å²) < 4.78 is 11.0. The average molecular weight is 323 g/mol. The molecule has 1 aliphatic rings. The van der Waals surface area contributed by atoms with Crippen LogP contribution in [-0.4, -0.2) is 50.0 Å². The molecule has 1 saturated heterocycles. The van der Waals surface area contributed by atoms with Gasteiger partial charge in [-0.1, -0.05) is 0 Å². The Kier molecular flexibility index (Phi) is 6.06. The SMILES string of the molecule is CC(C)Oc1cc(NCCCO)c(N)cc1N1CCOCC1=O. The number of nitrogens with two attached hydrogens (primary N) is 1. The van der Waals surface area contributed by atoms with Gasteiger partial charge < -0.3 is 30.5 Å². The predicted molar refractivity (Wildman–Crippen MR) is 90.0 cm³/mol. The molecule has 23 heavy (non-hydrogen) atoms. The molecule has 0 aliphatic carbocycles. The molecule has 1 aromatic rings. The fraction of sp³-hybridized carbons (Fsp3) is 0.562. The molecule has 0 spiro atoms. The molecule has 1 aliphatic heterocycles. The highest BCUT2D eigenvalue weighted by atomic mass is 16.5. The van der Waals surface area contributed by atoms with Crippen molar-refractivity contribution in [1.82, 2.24) is 0 Å². The highest BCUT2D eigenvalue weighted by molar-refractivity contribution is 5.97. The Hall–Kier alpha value is -1.99. The molecule has 0 saturated carbocycles. The quantitative estimate of drug-likeness (QED) is 0.515. The summed E-state index contributed by atoms with van der Waals surface area (Å²) >= 11 is 0. The third-order valence-electron chi connectivity index (χ3n) is 3.42. The van der Waals surface area contributed by atoms with E-state index in [0.29, 0.717) is 43.2 Å². The maximum absolute atomic E-state index is 12.1. The third-order valence-corrected chi connectivity index (χ3v) is 3.42. The summed E-state index contributed by atoms with van der Waals surface area (Å²) in [4.78, 5) is 13.7. The van der Waals surface area contributed by atoms with E-state index in [9.17, 15) is 4.79 Å². The van der Waals surface area contributed by atoms with Crippen LogP contribution in [0.3, 0.4) is 0 Å². The van der Waals surface area contributed by atoms with E-state index in [1.54, 1.807) is 11.0 Å². The van der Waals surface area contributed by atoms with Crippen LogP contribution in [0.4, 0.5) is 17.1 Å². The second kappa shape index (κ2) is 8.03. The summed E-state index contributed by atoms with van der Waals surface area (Å²) in [6.07, 6.45) is 0.600. The smallest absolute Gasteiger partial charge is 0.253 e. The Labute approximate surface area is 136 Å². The first-order valence-electron chi connectivity index (χ1n) is 7.86. The van der Waals surface area contributed by atoms with Crippen LogP contribution in [-0.2, 0) is 9.53 Å². The number of hydrogen-bond donors (Lipinski definition) is 3. The molecule has 0 atom stereocenters. The van der Waals surface area contributed by atoms with Crippen LogP contribution in [0.2, 0.25) is 0 Å². The van der Waals surface area contributed by atoms with E-state index in [2.05, 4.69) is 5.32 Å². The van der Waals surface area contributed by atoms with E-state index >= 15 is 0 Å². The van der Waals surface area contributed by atoms with Crippen LogP contribution in [0, 0.1) is 0 Å². The second-order valence-corrected chi connectivity index (χ2v) is 5.68. The Balaban J connectivity index is 2.31. The zero-order chi connectivity index (χ0) is 16.8. The summed E-state index contributed by atoms with van der Waals surface area (Å²) in [5, 5.41) is 12.1. The Morgan fingerprint density at radius 1 is 1.48 bits per heavy atom. The van der Waals surface area contributed by atoms with Crippen LogP contribution in [0.25, 0.3) is 0 Å². The van der Waals surface area contributed by atoms with Crippen LogP contribution in [0.15, 0.2) is 12.1 Å². The van der Waals surface area contributed by atoms with E-state index in [-0.39, 0.29) is 25.2 Å². The molecule has 7 nitrogen and oxygen atoms in total. The lowest BCUT2D eigenvalue weighted by Gasteiger charge is -2.29. The van der Waals surface area contributed by atoms with Gasteiger partial charge in [0, 0.05) is 25.8 Å². The third kappa shape index (κ3) is 4.49. The number of nitrogen functional groups attached to an aromatic ring is 1. The Morgan fingerprint density at radius 3 is 2.91 bits per heavy atom. The minimum atomic E-state index is -0.106. The molecule has 0 unspecified atom stereocenters. The number of benzene rings is 1. The molecule has 0 aromatic heterocycles. The van der Waals surface area contributed by atoms with Crippen LogP contribution in [0.5, 0.6) is 5.75 Å². The number of nitrogens with zero attached hydrogens (tertiary/aromatic N) is 1. The number of ether oxygens (including phenoxy) is 2. The number of carbonyl (C=O) groups excluding carboxylic acids is 1. The Morgan fingerprint density at radius 2 is 2.26 bits per heavy atom. The number of aliphatic hydroxyl groups is 1. The molecule has 1 fully saturated rings. The molecule has 2 rings (SSSR count). The lowest BCUT2D eigenvalue weighted by atomic mass is 10.2. The van der Waals surface area contributed by atoms with Crippen molar-refractivity contribution in [2.45, 2.75) is 26.4 Å². The van der Waals surface area contributed by atoms with Gasteiger partial charge in [0.1, 0.15) is 12.4 Å². The summed E-state index contributed by atoms with van der Waals surface area (Å²) in [7, 11) is 0. The summed E-state index contributed by atoms with van der Waals surface area (Å²) in [6, 6.07) is 3.56. The van der Waals surface area contributed by atoms with Crippen molar-refractivity contribution in [3.63, 3.8) is 0 Å². The molecule has 1 amide bonds. The maximum Gasteiger partial charge on any atom is 0.253 e. The minimum Gasteiger partial charge on any atom is -0.489 e. The number of carbonyl (C=O) groups is 1. The Bertz CT molecular complexity index is 548. The van der Waals surface area contributed by atoms with Crippen molar-refractivity contribution in [2.24, 2.45) is 0 Å². The standard InChI is InChI=1S/C16H25N3O4/c1-11(2)23-15-9-13(18-4-3-6-20)12(17)8-14(15)19-5-7-22-10-16(19)21/h8-9,11,18,20H,3-7,10,17H2,1-2H3. The van der Waals surface area contributed by atoms with Crippen molar-refractivity contribution in [1.29, 1.82) is 0 Å². The lowest BCUT2D eigenvalue weighted by molar-refractivity contribution is -0.125. The van der Waals surface area contributed by atoms with E-state index < -0.39 is 0 Å². The second-order valence-electron chi connectivity index (χ2n) is 5.68. The summed E-state index contributed by atoms with van der Waals surface area (Å²) in [5.41, 5.74) is 8.04. The van der Waals surface area contributed by atoms with E-state index in [1.165, 1.54) is 0 Å². The van der Waals surface area contributed by atoms with Gasteiger partial charge in [0.15, 0.2) is 0 Å². The van der Waals surface area contributed by atoms with Gasteiger partial charge in [-0.3, -0.25) is 4.79 Å². The highest BCUT2D eigenvalue weighted by Gasteiger charge is 2.24. The zero-order valence-corrected chi connectivity index (χ0v) is 13.7. The fourth-order valence-corrected chi connectivity index (χ4v) is 2.37. The first-order valence-corrected chi connectivity index (χ1v) is 7.86. The number of hydrogen-bond acceptors (Lipinski definition) is 6. The molecule has 128 valence electrons. The average Bonchev–Trinajstić information content (AvgIpc) is 2.50. The fourth-order valence-electron chi connectivity index (χ4n) is 2.37. The van der Waals surface area contributed by atoms with Crippen molar-refractivity contribution in [2.75, 3.05) is 48.9 Å². The van der Waals surface area contributed by atoms with Gasteiger partial charge in [-0.25, -0.2) is 0 Å². The van der Waals surface area contributed by atoms with Gasteiger partial charge >= 0.3 is 0 Å². The number of morpholine rings is 1. The molecule has 4 N–H and O–H groups in total. The van der Waals surface area contributed by atoms with Gasteiger partial charge in [-0.15, -0.1) is 0 Å². The topological polar surface area (TPSA) is 97.0 Å². The van der Waals surface area contributed by atoms with Gasteiger partial charge in [0.2, 0.25) is 0 Å². The number of anilines is 3. The number of nitrogens with one attached hydrogen (secondary N) is 1. The monoisotopic (exact) mass is 323 g/mol. The first-order chi connectivity index (χ1) is 11.0. The number of aliphatic hydroxyl groups excluding tert-OH is 1. The van der Waals surface area contributed by atoms with Crippen LogP contribution < -0.4 is 20.7 Å². The molecule has 1 aromatic carbocycles. The van der Waals surface area contributed by atoms with Gasteiger partial charge in [-0.05, 0) is 26.3 Å². The zero-order valence-electron chi connectivity index (χ0n) is 13.7. The van der Waals surface area contributed by atoms with Gasteiger partial charge in [0.25, 0.3) is 5.91 Å². The molecular weight excluding hydrogens is 298 g/mol. The largest absolute Gasteiger partial charge is 0.489 e. The first kappa shape index (κ1) is 17.4. The minimum absolute atomic E-state index is 0.0289. The van der Waals surface area contributed by atoms with Crippen molar-refractivity contribution in [3.05, 3.63) is 12.1 Å². The predicted octanol–water partition coefficient (Wildman–Crippen LogP) is 1.21. The van der Waals surface area contributed by atoms with Crippen LogP contribution in [0.1, 0.15) is 20.3 Å². The van der Waals surface area contributed by atoms with Crippen molar-refractivity contribution in [3.8, 4) is 5.75 Å². The maximum atomic E-state index is 12.1. The number of amides is 1. The summed E-state index contributed by atoms with van der Waals surface area (Å²) in [6.45, 7) is 5.62. The molecular formula is C16H25N3O4. The molecule has 1 heterocycles. The lowest BCUT2D eigenvalue weighted by Crippen LogP contribution is -2.42. The highest BCUT2D eigenvalue weighted by Crippen LogP contribution is 2.37.